The van der Waals surface area contributed by atoms with Crippen molar-refractivity contribution in [3.8, 4) is 17.2 Å². The molecule has 0 bridgehead atoms. The fourth-order valence-corrected chi connectivity index (χ4v) is 2.74. The van der Waals surface area contributed by atoms with Crippen molar-refractivity contribution < 1.29 is 14.2 Å². The Labute approximate surface area is 142 Å². The summed E-state index contributed by atoms with van der Waals surface area (Å²) >= 11 is 0. The Morgan fingerprint density at radius 2 is 1.71 bits per heavy atom. The summed E-state index contributed by atoms with van der Waals surface area (Å²) in [5, 5.41) is 0.926. The predicted molar refractivity (Wildman–Crippen MR) is 95.1 cm³/mol. The molecule has 0 spiro atoms. The molecule has 0 aliphatic rings. The lowest BCUT2D eigenvalue weighted by molar-refractivity contribution is 0.314. The van der Waals surface area contributed by atoms with Gasteiger partial charge in [-0.05, 0) is 36.6 Å². The Kier molecular flexibility index (Phi) is 5.16. The molecule has 3 aromatic rings. The van der Waals surface area contributed by atoms with Crippen LogP contribution < -0.4 is 14.2 Å². The molecular weight excluding hydrogens is 302 g/mol. The van der Waals surface area contributed by atoms with E-state index >= 15 is 0 Å². The van der Waals surface area contributed by atoms with Crippen molar-refractivity contribution in [3.05, 3.63) is 60.3 Å². The van der Waals surface area contributed by atoms with Gasteiger partial charge in [0.05, 0.1) is 20.8 Å². The number of hydrogen-bond donors (Lipinski definition) is 0. The van der Waals surface area contributed by atoms with Crippen LogP contribution in [0, 0.1) is 0 Å². The number of nitrogens with zero attached hydrogens (tertiary/aromatic N) is 1. The van der Waals surface area contributed by atoms with E-state index in [2.05, 4.69) is 29.2 Å². The highest BCUT2D eigenvalue weighted by Crippen LogP contribution is 2.37. The lowest BCUT2D eigenvalue weighted by Gasteiger charge is -2.13. The SMILES string of the molecule is COc1ccc2c(OCCCc3ccccc3)ccnc2c1OC. The molecule has 124 valence electrons. The molecule has 4 nitrogen and oxygen atoms in total. The van der Waals surface area contributed by atoms with Gasteiger partial charge < -0.3 is 14.2 Å². The highest BCUT2D eigenvalue weighted by atomic mass is 16.5. The number of ether oxygens (including phenoxy) is 3. The summed E-state index contributed by atoms with van der Waals surface area (Å²) in [5.74, 6) is 2.11. The van der Waals surface area contributed by atoms with Gasteiger partial charge in [-0.1, -0.05) is 30.3 Å². The van der Waals surface area contributed by atoms with Crippen molar-refractivity contribution in [1.29, 1.82) is 0 Å². The van der Waals surface area contributed by atoms with E-state index in [1.54, 1.807) is 20.4 Å². The molecule has 24 heavy (non-hydrogen) atoms. The van der Waals surface area contributed by atoms with Gasteiger partial charge in [0.15, 0.2) is 11.5 Å². The summed E-state index contributed by atoms with van der Waals surface area (Å²) in [6.07, 6.45) is 3.69. The average Bonchev–Trinajstić information content (AvgIpc) is 2.65. The van der Waals surface area contributed by atoms with Crippen LogP contribution in [-0.2, 0) is 6.42 Å². The van der Waals surface area contributed by atoms with E-state index in [-0.39, 0.29) is 0 Å². The van der Waals surface area contributed by atoms with Crippen molar-refractivity contribution in [1.82, 2.24) is 4.98 Å². The van der Waals surface area contributed by atoms with Gasteiger partial charge in [-0.3, -0.25) is 4.98 Å². The molecule has 0 fully saturated rings. The Hall–Kier alpha value is -2.75. The standard InChI is InChI=1S/C20H21NO3/c1-22-18-11-10-16-17(12-13-21-19(16)20(18)23-2)24-14-6-9-15-7-4-3-5-8-15/h3-5,7-8,10-13H,6,9,14H2,1-2H3. The van der Waals surface area contributed by atoms with E-state index in [1.165, 1.54) is 5.56 Å². The van der Waals surface area contributed by atoms with Crippen molar-refractivity contribution in [2.24, 2.45) is 0 Å². The first-order chi connectivity index (χ1) is 11.8. The number of aryl methyl sites for hydroxylation is 1. The second kappa shape index (κ2) is 7.68. The third-order valence-corrected chi connectivity index (χ3v) is 3.92. The van der Waals surface area contributed by atoms with Crippen LogP contribution in [0.1, 0.15) is 12.0 Å². The molecule has 0 amide bonds. The second-order valence-corrected chi connectivity index (χ2v) is 5.44. The minimum absolute atomic E-state index is 0.629. The smallest absolute Gasteiger partial charge is 0.187 e. The van der Waals surface area contributed by atoms with Crippen LogP contribution in [-0.4, -0.2) is 25.8 Å². The Morgan fingerprint density at radius 3 is 2.46 bits per heavy atom. The van der Waals surface area contributed by atoms with E-state index in [0.717, 1.165) is 29.5 Å². The molecule has 2 aromatic carbocycles. The number of aromatic nitrogens is 1. The Morgan fingerprint density at radius 1 is 0.875 bits per heavy atom. The first-order valence-electron chi connectivity index (χ1n) is 8.00. The summed E-state index contributed by atoms with van der Waals surface area (Å²) in [4.78, 5) is 4.41. The van der Waals surface area contributed by atoms with Gasteiger partial charge in [0.25, 0.3) is 0 Å². The van der Waals surface area contributed by atoms with Crippen LogP contribution in [0.5, 0.6) is 17.2 Å². The first-order valence-corrected chi connectivity index (χ1v) is 8.00. The van der Waals surface area contributed by atoms with Crippen LogP contribution in [0.15, 0.2) is 54.7 Å². The van der Waals surface area contributed by atoms with Crippen molar-refractivity contribution in [2.75, 3.05) is 20.8 Å². The molecule has 0 saturated heterocycles. The summed E-state index contributed by atoms with van der Waals surface area (Å²) in [6.45, 7) is 0.655. The maximum atomic E-state index is 5.98. The molecule has 0 aliphatic heterocycles. The lowest BCUT2D eigenvalue weighted by Crippen LogP contribution is -2.01. The largest absolute Gasteiger partial charge is 0.493 e. The summed E-state index contributed by atoms with van der Waals surface area (Å²) in [6, 6.07) is 16.1. The van der Waals surface area contributed by atoms with Crippen molar-refractivity contribution in [2.45, 2.75) is 12.8 Å². The topological polar surface area (TPSA) is 40.6 Å². The van der Waals surface area contributed by atoms with Gasteiger partial charge in [0, 0.05) is 11.6 Å². The second-order valence-electron chi connectivity index (χ2n) is 5.44. The molecule has 0 unspecified atom stereocenters. The number of hydrogen-bond acceptors (Lipinski definition) is 4. The van der Waals surface area contributed by atoms with Crippen LogP contribution in [0.4, 0.5) is 0 Å². The third-order valence-electron chi connectivity index (χ3n) is 3.92. The number of benzene rings is 2. The molecule has 0 aliphatic carbocycles. The molecule has 3 rings (SSSR count). The van der Waals surface area contributed by atoms with E-state index < -0.39 is 0 Å². The van der Waals surface area contributed by atoms with E-state index in [4.69, 9.17) is 14.2 Å². The van der Waals surface area contributed by atoms with E-state index in [1.807, 2.05) is 24.3 Å². The zero-order chi connectivity index (χ0) is 16.8. The van der Waals surface area contributed by atoms with Crippen LogP contribution in [0.2, 0.25) is 0 Å². The molecule has 1 aromatic heterocycles. The monoisotopic (exact) mass is 323 g/mol. The van der Waals surface area contributed by atoms with Crippen LogP contribution >= 0.6 is 0 Å². The average molecular weight is 323 g/mol. The fraction of sp³-hybridized carbons (Fsp3) is 0.250. The number of fused-ring (bicyclic) bond motifs is 1. The molecular formula is C20H21NO3. The molecule has 0 N–H and O–H groups in total. The normalized spacial score (nSPS) is 10.6. The highest BCUT2D eigenvalue weighted by molar-refractivity contribution is 5.91. The Bertz CT molecular complexity index is 803. The quantitative estimate of drug-likeness (QED) is 0.609. The molecule has 1 heterocycles. The summed E-state index contributed by atoms with van der Waals surface area (Å²) in [7, 11) is 3.24. The molecule has 0 radical (unpaired) electrons. The maximum Gasteiger partial charge on any atom is 0.187 e. The fourth-order valence-electron chi connectivity index (χ4n) is 2.74. The van der Waals surface area contributed by atoms with Gasteiger partial charge >= 0.3 is 0 Å². The third kappa shape index (κ3) is 3.43. The zero-order valence-electron chi connectivity index (χ0n) is 14.0. The number of methoxy groups -OCH3 is 2. The zero-order valence-corrected chi connectivity index (χ0v) is 14.0. The van der Waals surface area contributed by atoms with Gasteiger partial charge in [-0.25, -0.2) is 0 Å². The minimum Gasteiger partial charge on any atom is -0.493 e. The number of pyridine rings is 1. The van der Waals surface area contributed by atoms with Crippen molar-refractivity contribution in [3.63, 3.8) is 0 Å². The summed E-state index contributed by atoms with van der Waals surface area (Å²) < 4.78 is 16.7. The van der Waals surface area contributed by atoms with Gasteiger partial charge in [0.1, 0.15) is 11.3 Å². The predicted octanol–water partition coefficient (Wildman–Crippen LogP) is 4.26. The van der Waals surface area contributed by atoms with E-state index in [9.17, 15) is 0 Å². The lowest BCUT2D eigenvalue weighted by atomic mass is 10.1. The van der Waals surface area contributed by atoms with Crippen molar-refractivity contribution >= 4 is 10.9 Å². The van der Waals surface area contributed by atoms with Gasteiger partial charge in [-0.15, -0.1) is 0 Å². The highest BCUT2D eigenvalue weighted by Gasteiger charge is 2.13. The van der Waals surface area contributed by atoms with E-state index in [0.29, 0.717) is 18.1 Å². The van der Waals surface area contributed by atoms with Gasteiger partial charge in [-0.2, -0.15) is 0 Å². The summed E-state index contributed by atoms with van der Waals surface area (Å²) in [5.41, 5.74) is 2.07. The number of rotatable bonds is 7. The molecule has 4 heteroatoms. The van der Waals surface area contributed by atoms with Gasteiger partial charge in [0.2, 0.25) is 0 Å². The van der Waals surface area contributed by atoms with Crippen LogP contribution in [0.25, 0.3) is 10.9 Å². The first kappa shape index (κ1) is 16.1. The van der Waals surface area contributed by atoms with Crippen LogP contribution in [0.3, 0.4) is 0 Å². The Balaban J connectivity index is 1.73. The molecule has 0 saturated carbocycles. The minimum atomic E-state index is 0.629. The molecule has 0 atom stereocenters. The maximum absolute atomic E-state index is 5.98.